The molecule has 1 aromatic carbocycles. The van der Waals surface area contributed by atoms with E-state index in [1.807, 2.05) is 12.1 Å². The Hall–Kier alpha value is -1.35. The number of hydrogen-bond acceptors (Lipinski definition) is 2. The third-order valence-electron chi connectivity index (χ3n) is 4.79. The van der Waals surface area contributed by atoms with Gasteiger partial charge in [-0.05, 0) is 62.6 Å². The molecule has 2 saturated carbocycles. The molecule has 3 heteroatoms. The Morgan fingerprint density at radius 2 is 2.10 bits per heavy atom. The first-order valence-electron chi connectivity index (χ1n) is 8.32. The Kier molecular flexibility index (Phi) is 4.29. The van der Waals surface area contributed by atoms with Crippen molar-refractivity contribution in [3.8, 4) is 0 Å². The highest BCUT2D eigenvalue weighted by Gasteiger charge is 2.39. The van der Waals surface area contributed by atoms with Gasteiger partial charge < -0.3 is 5.32 Å². The lowest BCUT2D eigenvalue weighted by atomic mass is 10.1. The lowest BCUT2D eigenvalue weighted by molar-refractivity contribution is -0.118. The smallest absolute Gasteiger partial charge is 0.238 e. The van der Waals surface area contributed by atoms with E-state index in [0.717, 1.165) is 18.0 Å². The van der Waals surface area contributed by atoms with Crippen molar-refractivity contribution in [1.29, 1.82) is 0 Å². The number of amides is 1. The Morgan fingerprint density at radius 1 is 1.33 bits per heavy atom. The first-order chi connectivity index (χ1) is 10.2. The van der Waals surface area contributed by atoms with Gasteiger partial charge in [-0.3, -0.25) is 9.69 Å². The molecule has 1 amide bonds. The van der Waals surface area contributed by atoms with Crippen LogP contribution < -0.4 is 5.32 Å². The largest absolute Gasteiger partial charge is 0.325 e. The van der Waals surface area contributed by atoms with Crippen molar-refractivity contribution in [2.24, 2.45) is 5.92 Å². The fourth-order valence-electron chi connectivity index (χ4n) is 3.10. The highest BCUT2D eigenvalue weighted by Crippen LogP contribution is 2.39. The summed E-state index contributed by atoms with van der Waals surface area (Å²) in [5.41, 5.74) is 2.19. The molecule has 1 aromatic rings. The van der Waals surface area contributed by atoms with E-state index >= 15 is 0 Å². The van der Waals surface area contributed by atoms with Crippen LogP contribution in [0.1, 0.15) is 45.1 Å². The molecular weight excluding hydrogens is 260 g/mol. The van der Waals surface area contributed by atoms with Crippen molar-refractivity contribution in [3.05, 3.63) is 29.8 Å². The van der Waals surface area contributed by atoms with Crippen LogP contribution >= 0.6 is 0 Å². The predicted octanol–water partition coefficient (Wildman–Crippen LogP) is 3.45. The highest BCUT2D eigenvalue weighted by molar-refractivity contribution is 5.92. The summed E-state index contributed by atoms with van der Waals surface area (Å²) in [6.45, 7) is 4.97. The fourth-order valence-corrected chi connectivity index (χ4v) is 3.10. The lowest BCUT2D eigenvalue weighted by Gasteiger charge is -2.28. The van der Waals surface area contributed by atoms with Crippen LogP contribution in [0.5, 0.6) is 0 Å². The molecular formula is C18H26N2O. The van der Waals surface area contributed by atoms with Crippen molar-refractivity contribution in [2.75, 3.05) is 11.9 Å². The van der Waals surface area contributed by atoms with E-state index in [9.17, 15) is 4.79 Å². The van der Waals surface area contributed by atoms with Gasteiger partial charge in [0, 0.05) is 17.8 Å². The van der Waals surface area contributed by atoms with Crippen LogP contribution in [0.4, 0.5) is 5.69 Å². The molecule has 1 unspecified atom stereocenters. The molecule has 0 aromatic heterocycles. The van der Waals surface area contributed by atoms with E-state index in [-0.39, 0.29) is 5.91 Å². The van der Waals surface area contributed by atoms with Gasteiger partial charge in [-0.25, -0.2) is 0 Å². The van der Waals surface area contributed by atoms with Gasteiger partial charge in [-0.1, -0.05) is 19.1 Å². The number of rotatable bonds is 7. The lowest BCUT2D eigenvalue weighted by Crippen LogP contribution is -2.42. The Bertz CT molecular complexity index is 506. The van der Waals surface area contributed by atoms with E-state index in [2.05, 4.69) is 36.2 Å². The van der Waals surface area contributed by atoms with Gasteiger partial charge in [0.05, 0.1) is 6.54 Å². The minimum atomic E-state index is 0.127. The minimum Gasteiger partial charge on any atom is -0.325 e. The molecule has 2 aliphatic carbocycles. The first-order valence-corrected chi connectivity index (χ1v) is 8.32. The number of carbonyl (C=O) groups excluding carboxylic acids is 1. The van der Waals surface area contributed by atoms with Crippen LogP contribution in [-0.2, 0) is 11.2 Å². The standard InChI is InChI=1S/C18H26N2O/c1-3-14-5-4-6-16(11-14)19-18(21)12-20(17-9-10-17)13(2)15-7-8-15/h4-6,11,13,15,17H,3,7-10,12H2,1-2H3,(H,19,21). The van der Waals surface area contributed by atoms with Crippen molar-refractivity contribution in [3.63, 3.8) is 0 Å². The fraction of sp³-hybridized carbons (Fsp3) is 0.611. The van der Waals surface area contributed by atoms with E-state index in [4.69, 9.17) is 0 Å². The summed E-state index contributed by atoms with van der Waals surface area (Å²) in [6.07, 6.45) is 6.19. The van der Waals surface area contributed by atoms with Crippen molar-refractivity contribution in [2.45, 2.75) is 58.0 Å². The van der Waals surface area contributed by atoms with Crippen molar-refractivity contribution < 1.29 is 4.79 Å². The van der Waals surface area contributed by atoms with E-state index in [1.54, 1.807) is 0 Å². The first kappa shape index (κ1) is 14.6. The van der Waals surface area contributed by atoms with Crippen LogP contribution in [0.3, 0.4) is 0 Å². The van der Waals surface area contributed by atoms with Gasteiger partial charge in [-0.15, -0.1) is 0 Å². The summed E-state index contributed by atoms with van der Waals surface area (Å²) >= 11 is 0. The molecule has 0 aliphatic heterocycles. The number of nitrogens with one attached hydrogen (secondary N) is 1. The SMILES string of the molecule is CCc1cccc(NC(=O)CN(C2CC2)C(C)C2CC2)c1. The van der Waals surface area contributed by atoms with Gasteiger partial charge in [0.2, 0.25) is 5.91 Å². The molecule has 2 fully saturated rings. The second kappa shape index (κ2) is 6.18. The average Bonchev–Trinajstić information content (AvgIpc) is 3.36. The molecule has 0 heterocycles. The predicted molar refractivity (Wildman–Crippen MR) is 86.4 cm³/mol. The molecule has 1 N–H and O–H groups in total. The molecule has 3 rings (SSSR count). The number of anilines is 1. The molecule has 114 valence electrons. The second-order valence-electron chi connectivity index (χ2n) is 6.58. The zero-order valence-electron chi connectivity index (χ0n) is 13.1. The van der Waals surface area contributed by atoms with E-state index in [1.165, 1.54) is 31.2 Å². The van der Waals surface area contributed by atoms with Gasteiger partial charge in [0.15, 0.2) is 0 Å². The van der Waals surface area contributed by atoms with E-state index < -0.39 is 0 Å². The topological polar surface area (TPSA) is 32.3 Å². The zero-order valence-corrected chi connectivity index (χ0v) is 13.1. The number of hydrogen-bond donors (Lipinski definition) is 1. The Morgan fingerprint density at radius 3 is 2.71 bits per heavy atom. The zero-order chi connectivity index (χ0) is 14.8. The third kappa shape index (κ3) is 3.85. The molecule has 2 aliphatic rings. The molecule has 0 bridgehead atoms. The number of benzene rings is 1. The molecule has 0 saturated heterocycles. The average molecular weight is 286 g/mol. The summed E-state index contributed by atoms with van der Waals surface area (Å²) < 4.78 is 0. The van der Waals surface area contributed by atoms with Gasteiger partial charge >= 0.3 is 0 Å². The summed E-state index contributed by atoms with van der Waals surface area (Å²) in [7, 11) is 0. The third-order valence-corrected chi connectivity index (χ3v) is 4.79. The molecule has 0 radical (unpaired) electrons. The number of nitrogens with zero attached hydrogens (tertiary/aromatic N) is 1. The quantitative estimate of drug-likeness (QED) is 0.832. The maximum atomic E-state index is 12.3. The van der Waals surface area contributed by atoms with Crippen LogP contribution in [0, 0.1) is 5.92 Å². The van der Waals surface area contributed by atoms with Crippen molar-refractivity contribution in [1.82, 2.24) is 4.90 Å². The maximum absolute atomic E-state index is 12.3. The van der Waals surface area contributed by atoms with Gasteiger partial charge in [-0.2, -0.15) is 0 Å². The minimum absolute atomic E-state index is 0.127. The monoisotopic (exact) mass is 286 g/mol. The van der Waals surface area contributed by atoms with E-state index in [0.29, 0.717) is 18.6 Å². The summed E-state index contributed by atoms with van der Waals surface area (Å²) in [4.78, 5) is 14.8. The summed E-state index contributed by atoms with van der Waals surface area (Å²) in [6, 6.07) is 9.37. The van der Waals surface area contributed by atoms with Crippen LogP contribution in [0.15, 0.2) is 24.3 Å². The number of carbonyl (C=O) groups is 1. The Labute approximate surface area is 127 Å². The second-order valence-corrected chi connectivity index (χ2v) is 6.58. The van der Waals surface area contributed by atoms with Crippen molar-refractivity contribution >= 4 is 11.6 Å². The Balaban J connectivity index is 1.58. The summed E-state index contributed by atoms with van der Waals surface area (Å²) in [5, 5.41) is 3.06. The molecule has 21 heavy (non-hydrogen) atoms. The van der Waals surface area contributed by atoms with Gasteiger partial charge in [0.25, 0.3) is 0 Å². The maximum Gasteiger partial charge on any atom is 0.238 e. The molecule has 1 atom stereocenters. The van der Waals surface area contributed by atoms with Crippen LogP contribution in [0.2, 0.25) is 0 Å². The van der Waals surface area contributed by atoms with Gasteiger partial charge in [0.1, 0.15) is 0 Å². The van der Waals surface area contributed by atoms with Crippen LogP contribution in [0.25, 0.3) is 0 Å². The normalized spacial score (nSPS) is 19.6. The molecule has 0 spiro atoms. The number of aryl methyl sites for hydroxylation is 1. The molecule has 3 nitrogen and oxygen atoms in total. The summed E-state index contributed by atoms with van der Waals surface area (Å²) in [5.74, 6) is 0.949. The van der Waals surface area contributed by atoms with Crippen LogP contribution in [-0.4, -0.2) is 29.4 Å². The highest BCUT2D eigenvalue weighted by atomic mass is 16.2.